The third kappa shape index (κ3) is 4.18. The monoisotopic (exact) mass is 282 g/mol. The van der Waals surface area contributed by atoms with Crippen molar-refractivity contribution in [3.05, 3.63) is 30.1 Å². The van der Waals surface area contributed by atoms with Gasteiger partial charge in [0.2, 0.25) is 0 Å². The topological polar surface area (TPSA) is 50.8 Å². The molecule has 20 heavy (non-hydrogen) atoms. The zero-order valence-electron chi connectivity index (χ0n) is 11.5. The summed E-state index contributed by atoms with van der Waals surface area (Å²) in [6.07, 6.45) is 0.938. The number of anilines is 1. The Balaban J connectivity index is 1.66. The van der Waals surface area contributed by atoms with Crippen molar-refractivity contribution in [2.24, 2.45) is 0 Å². The van der Waals surface area contributed by atoms with Crippen LogP contribution in [0.15, 0.2) is 24.3 Å². The number of carbonyl (C=O) groups excluding carboxylic acids is 1. The first-order valence-electron chi connectivity index (χ1n) is 6.61. The quantitative estimate of drug-likeness (QED) is 0.813. The minimum atomic E-state index is -0.370. The molecule has 2 rings (SSSR count). The maximum absolute atomic E-state index is 13.0. The van der Waals surface area contributed by atoms with Gasteiger partial charge in [0, 0.05) is 26.0 Å². The molecule has 0 saturated carbocycles. The molecule has 0 aromatic heterocycles. The first-order chi connectivity index (χ1) is 9.69. The first kappa shape index (κ1) is 14.7. The van der Waals surface area contributed by atoms with Crippen molar-refractivity contribution in [3.8, 4) is 0 Å². The van der Waals surface area contributed by atoms with Crippen LogP contribution in [0.2, 0.25) is 0 Å². The number of likely N-dealkylation sites (tertiary alicyclic amines) is 1. The third-order valence-electron chi connectivity index (χ3n) is 3.06. The Hall–Kier alpha value is -1.66. The van der Waals surface area contributed by atoms with E-state index in [2.05, 4.69) is 5.32 Å². The van der Waals surface area contributed by atoms with E-state index in [0.717, 1.165) is 6.42 Å². The van der Waals surface area contributed by atoms with E-state index in [1.807, 2.05) is 0 Å². The van der Waals surface area contributed by atoms with Crippen LogP contribution in [0.5, 0.6) is 0 Å². The highest BCUT2D eigenvalue weighted by Crippen LogP contribution is 2.15. The average molecular weight is 282 g/mol. The second-order valence-corrected chi connectivity index (χ2v) is 4.68. The number of nitrogens with zero attached hydrogens (tertiary/aromatic N) is 1. The number of nitrogens with one attached hydrogen (secondary N) is 1. The summed E-state index contributed by atoms with van der Waals surface area (Å²) in [6, 6.07) is 5.61. The summed E-state index contributed by atoms with van der Waals surface area (Å²) in [5, 5.41) is 2.65. The third-order valence-corrected chi connectivity index (χ3v) is 3.06. The molecule has 2 amide bonds. The predicted octanol–water partition coefficient (Wildman–Crippen LogP) is 2.09. The minimum Gasteiger partial charge on any atom is -0.385 e. The molecule has 1 aliphatic heterocycles. The van der Waals surface area contributed by atoms with E-state index >= 15 is 0 Å². The molecule has 0 bridgehead atoms. The molecule has 1 fully saturated rings. The van der Waals surface area contributed by atoms with Crippen LogP contribution in [-0.2, 0) is 9.47 Å². The Kier molecular flexibility index (Phi) is 5.31. The molecule has 0 unspecified atom stereocenters. The summed E-state index contributed by atoms with van der Waals surface area (Å²) in [5.74, 6) is -0.370. The molecule has 0 atom stereocenters. The van der Waals surface area contributed by atoms with Crippen molar-refractivity contribution < 1.29 is 18.7 Å². The lowest BCUT2D eigenvalue weighted by Gasteiger charge is -2.38. The predicted molar refractivity (Wildman–Crippen MR) is 73.2 cm³/mol. The van der Waals surface area contributed by atoms with Crippen LogP contribution in [0.4, 0.5) is 14.9 Å². The van der Waals surface area contributed by atoms with E-state index < -0.39 is 0 Å². The fraction of sp³-hybridized carbons (Fsp3) is 0.500. The van der Waals surface area contributed by atoms with Gasteiger partial charge in [-0.3, -0.25) is 0 Å². The van der Waals surface area contributed by atoms with E-state index in [-0.39, 0.29) is 18.0 Å². The number of halogens is 1. The van der Waals surface area contributed by atoms with Gasteiger partial charge >= 0.3 is 6.03 Å². The van der Waals surface area contributed by atoms with Gasteiger partial charge in [-0.05, 0) is 24.6 Å². The standard InChI is InChI=1S/C14H19FN2O3/c1-19-6-3-7-20-13-9-17(10-13)14(18)16-12-5-2-4-11(15)8-12/h2,4-5,8,13H,3,6-7,9-10H2,1H3,(H,16,18). The molecular formula is C14H19FN2O3. The molecule has 0 aliphatic carbocycles. The first-order valence-corrected chi connectivity index (χ1v) is 6.61. The highest BCUT2D eigenvalue weighted by atomic mass is 19.1. The van der Waals surface area contributed by atoms with Gasteiger partial charge in [-0.2, -0.15) is 0 Å². The van der Waals surface area contributed by atoms with Crippen LogP contribution in [0.3, 0.4) is 0 Å². The summed E-state index contributed by atoms with van der Waals surface area (Å²) in [6.45, 7) is 2.44. The van der Waals surface area contributed by atoms with Gasteiger partial charge < -0.3 is 19.7 Å². The van der Waals surface area contributed by atoms with Crippen molar-refractivity contribution in [1.82, 2.24) is 4.90 Å². The molecular weight excluding hydrogens is 263 g/mol. The van der Waals surface area contributed by atoms with Gasteiger partial charge in [0.25, 0.3) is 0 Å². The van der Waals surface area contributed by atoms with E-state index in [9.17, 15) is 9.18 Å². The van der Waals surface area contributed by atoms with Crippen LogP contribution in [0.1, 0.15) is 6.42 Å². The SMILES string of the molecule is COCCCOC1CN(C(=O)Nc2cccc(F)c2)C1. The maximum atomic E-state index is 13.0. The zero-order valence-corrected chi connectivity index (χ0v) is 11.5. The van der Waals surface area contributed by atoms with E-state index in [0.29, 0.717) is 32.0 Å². The van der Waals surface area contributed by atoms with Crippen molar-refractivity contribution >= 4 is 11.7 Å². The molecule has 1 N–H and O–H groups in total. The fourth-order valence-electron chi connectivity index (χ4n) is 1.93. The molecule has 5 nitrogen and oxygen atoms in total. The Morgan fingerprint density at radius 1 is 1.45 bits per heavy atom. The van der Waals surface area contributed by atoms with Gasteiger partial charge in [0.05, 0.1) is 19.2 Å². The van der Waals surface area contributed by atoms with Gasteiger partial charge in [-0.1, -0.05) is 6.07 Å². The highest BCUT2D eigenvalue weighted by molar-refractivity contribution is 5.89. The van der Waals surface area contributed by atoms with E-state index in [4.69, 9.17) is 9.47 Å². The van der Waals surface area contributed by atoms with Crippen LogP contribution in [0, 0.1) is 5.82 Å². The molecule has 0 radical (unpaired) electrons. The second-order valence-electron chi connectivity index (χ2n) is 4.68. The lowest BCUT2D eigenvalue weighted by Crippen LogP contribution is -2.56. The average Bonchev–Trinajstić information content (AvgIpc) is 2.36. The Labute approximate surface area is 117 Å². The molecule has 110 valence electrons. The largest absolute Gasteiger partial charge is 0.385 e. The van der Waals surface area contributed by atoms with E-state index in [1.165, 1.54) is 12.1 Å². The van der Waals surface area contributed by atoms with Crippen LogP contribution >= 0.6 is 0 Å². The number of methoxy groups -OCH3 is 1. The number of carbonyl (C=O) groups is 1. The van der Waals surface area contributed by atoms with Crippen LogP contribution < -0.4 is 5.32 Å². The lowest BCUT2D eigenvalue weighted by molar-refractivity contribution is -0.0380. The number of urea groups is 1. The van der Waals surface area contributed by atoms with Crippen LogP contribution in [-0.4, -0.2) is 50.4 Å². The minimum absolute atomic E-state index is 0.0881. The molecule has 1 heterocycles. The lowest BCUT2D eigenvalue weighted by atomic mass is 10.2. The molecule has 1 aromatic carbocycles. The number of hydrogen-bond donors (Lipinski definition) is 1. The van der Waals surface area contributed by atoms with Crippen molar-refractivity contribution in [2.45, 2.75) is 12.5 Å². The molecule has 1 saturated heterocycles. The summed E-state index contributed by atoms with van der Waals surface area (Å²) in [7, 11) is 1.65. The van der Waals surface area contributed by atoms with Gasteiger partial charge in [0.15, 0.2) is 0 Å². The van der Waals surface area contributed by atoms with Gasteiger partial charge in [0.1, 0.15) is 5.82 Å². The van der Waals surface area contributed by atoms with Crippen molar-refractivity contribution in [1.29, 1.82) is 0 Å². The van der Waals surface area contributed by atoms with Gasteiger partial charge in [-0.15, -0.1) is 0 Å². The zero-order chi connectivity index (χ0) is 14.4. The maximum Gasteiger partial charge on any atom is 0.322 e. The highest BCUT2D eigenvalue weighted by Gasteiger charge is 2.31. The Morgan fingerprint density at radius 3 is 2.95 bits per heavy atom. The van der Waals surface area contributed by atoms with Crippen molar-refractivity contribution in [2.75, 3.05) is 38.7 Å². The van der Waals surface area contributed by atoms with Crippen molar-refractivity contribution in [3.63, 3.8) is 0 Å². The number of ether oxygens (including phenoxy) is 2. The number of hydrogen-bond acceptors (Lipinski definition) is 3. The fourth-order valence-corrected chi connectivity index (χ4v) is 1.93. The summed E-state index contributed by atoms with van der Waals surface area (Å²) in [4.78, 5) is 13.5. The van der Waals surface area contributed by atoms with E-state index in [1.54, 1.807) is 24.1 Å². The molecule has 1 aliphatic rings. The summed E-state index contributed by atoms with van der Waals surface area (Å²) in [5.41, 5.74) is 0.458. The smallest absolute Gasteiger partial charge is 0.322 e. The number of rotatable bonds is 6. The normalized spacial score (nSPS) is 15.0. The Morgan fingerprint density at radius 2 is 2.25 bits per heavy atom. The van der Waals surface area contributed by atoms with Gasteiger partial charge in [-0.25, -0.2) is 9.18 Å². The Bertz CT molecular complexity index is 450. The summed E-state index contributed by atoms with van der Waals surface area (Å²) >= 11 is 0. The molecule has 6 heteroatoms. The van der Waals surface area contributed by atoms with Crippen LogP contribution in [0.25, 0.3) is 0 Å². The second kappa shape index (κ2) is 7.21. The summed E-state index contributed by atoms with van der Waals surface area (Å²) < 4.78 is 23.5. The number of amides is 2. The molecule has 0 spiro atoms. The molecule has 1 aromatic rings. The number of benzene rings is 1.